The number of anilines is 1. The molecule has 5 nitrogen and oxygen atoms in total. The van der Waals surface area contributed by atoms with Gasteiger partial charge in [-0.05, 0) is 20.8 Å². The zero-order valence-electron chi connectivity index (χ0n) is 9.45. The van der Waals surface area contributed by atoms with Crippen LogP contribution in [0.2, 0.25) is 0 Å². The number of nitrogens with two attached hydrogens (primary N) is 1. The van der Waals surface area contributed by atoms with Gasteiger partial charge in [-0.3, -0.25) is 9.48 Å². The van der Waals surface area contributed by atoms with Crippen LogP contribution in [0.4, 0.5) is 5.69 Å². The first-order valence-electron chi connectivity index (χ1n) is 5.03. The molecule has 15 heavy (non-hydrogen) atoms. The van der Waals surface area contributed by atoms with E-state index < -0.39 is 5.41 Å². The quantitative estimate of drug-likeness (QED) is 0.773. The Bertz CT molecular complexity index is 343. The predicted octanol–water partition coefficient (Wildman–Crippen LogP) is 0.826. The summed E-state index contributed by atoms with van der Waals surface area (Å²) in [4.78, 5) is 11.7. The van der Waals surface area contributed by atoms with Crippen molar-refractivity contribution in [2.45, 2.75) is 27.3 Å². The molecule has 0 saturated carbocycles. The summed E-state index contributed by atoms with van der Waals surface area (Å²) in [6.45, 7) is 6.72. The van der Waals surface area contributed by atoms with Crippen molar-refractivity contribution in [3.8, 4) is 0 Å². The average Bonchev–Trinajstić information content (AvgIpc) is 2.65. The minimum atomic E-state index is -0.547. The molecule has 0 fully saturated rings. The molecule has 0 radical (unpaired) electrons. The number of aryl methyl sites for hydroxylation is 1. The van der Waals surface area contributed by atoms with Crippen LogP contribution in [-0.2, 0) is 11.3 Å². The van der Waals surface area contributed by atoms with E-state index in [-0.39, 0.29) is 5.91 Å². The van der Waals surface area contributed by atoms with Gasteiger partial charge in [-0.2, -0.15) is 5.10 Å². The Morgan fingerprint density at radius 2 is 2.33 bits per heavy atom. The molecule has 0 bridgehead atoms. The van der Waals surface area contributed by atoms with Crippen molar-refractivity contribution < 1.29 is 4.79 Å². The highest BCUT2D eigenvalue weighted by atomic mass is 16.2. The van der Waals surface area contributed by atoms with E-state index in [0.29, 0.717) is 12.2 Å². The van der Waals surface area contributed by atoms with Crippen LogP contribution < -0.4 is 11.1 Å². The minimum Gasteiger partial charge on any atom is -0.329 e. The smallest absolute Gasteiger partial charge is 0.231 e. The molecule has 0 spiro atoms. The first-order valence-corrected chi connectivity index (χ1v) is 5.03. The zero-order chi connectivity index (χ0) is 11.5. The van der Waals surface area contributed by atoms with Crippen LogP contribution in [0.15, 0.2) is 12.4 Å². The van der Waals surface area contributed by atoms with Crippen LogP contribution in [0.1, 0.15) is 20.8 Å². The largest absolute Gasteiger partial charge is 0.329 e. The lowest BCUT2D eigenvalue weighted by Gasteiger charge is -2.20. The molecule has 1 amide bonds. The van der Waals surface area contributed by atoms with E-state index in [4.69, 9.17) is 5.73 Å². The molecule has 1 heterocycles. The fourth-order valence-electron chi connectivity index (χ4n) is 0.994. The van der Waals surface area contributed by atoms with Gasteiger partial charge in [0, 0.05) is 19.3 Å². The number of nitrogens with one attached hydrogen (secondary N) is 1. The summed E-state index contributed by atoms with van der Waals surface area (Å²) in [5.74, 6) is -0.0827. The number of rotatable bonds is 4. The second-order valence-electron chi connectivity index (χ2n) is 4.13. The zero-order valence-corrected chi connectivity index (χ0v) is 9.45. The predicted molar refractivity (Wildman–Crippen MR) is 59.4 cm³/mol. The second kappa shape index (κ2) is 4.44. The monoisotopic (exact) mass is 210 g/mol. The van der Waals surface area contributed by atoms with E-state index in [1.54, 1.807) is 17.1 Å². The van der Waals surface area contributed by atoms with E-state index in [9.17, 15) is 4.79 Å². The topological polar surface area (TPSA) is 72.9 Å². The normalized spacial score (nSPS) is 11.5. The molecule has 0 atom stereocenters. The SMILES string of the molecule is CCn1cc(NC(=O)C(C)(C)CN)cn1. The molecule has 0 aliphatic heterocycles. The standard InChI is InChI=1S/C10H18N4O/c1-4-14-6-8(5-12-14)13-9(15)10(2,3)7-11/h5-6H,4,7,11H2,1-3H3,(H,13,15). The summed E-state index contributed by atoms with van der Waals surface area (Å²) >= 11 is 0. The van der Waals surface area contributed by atoms with Gasteiger partial charge in [0.25, 0.3) is 0 Å². The van der Waals surface area contributed by atoms with E-state index in [1.807, 2.05) is 20.8 Å². The molecule has 0 unspecified atom stereocenters. The van der Waals surface area contributed by atoms with Crippen molar-refractivity contribution >= 4 is 11.6 Å². The average molecular weight is 210 g/mol. The highest BCUT2D eigenvalue weighted by molar-refractivity contribution is 5.94. The molecule has 0 aromatic carbocycles. The molecule has 0 aliphatic carbocycles. The van der Waals surface area contributed by atoms with Gasteiger partial charge in [-0.25, -0.2) is 0 Å². The number of carbonyl (C=O) groups excluding carboxylic acids is 1. The summed E-state index contributed by atoms with van der Waals surface area (Å²) in [5.41, 5.74) is 5.67. The van der Waals surface area contributed by atoms with E-state index >= 15 is 0 Å². The molecule has 0 aliphatic rings. The summed E-state index contributed by atoms with van der Waals surface area (Å²) in [7, 11) is 0. The lowest BCUT2D eigenvalue weighted by Crippen LogP contribution is -2.37. The molecule has 1 rings (SSSR count). The van der Waals surface area contributed by atoms with Crippen molar-refractivity contribution in [2.24, 2.45) is 11.1 Å². The fourth-order valence-corrected chi connectivity index (χ4v) is 0.994. The maximum atomic E-state index is 11.7. The summed E-state index contributed by atoms with van der Waals surface area (Å²) in [6, 6.07) is 0. The van der Waals surface area contributed by atoms with E-state index in [1.165, 1.54) is 0 Å². The number of amides is 1. The van der Waals surface area contributed by atoms with Crippen LogP contribution in [0.3, 0.4) is 0 Å². The molecular formula is C10H18N4O. The van der Waals surface area contributed by atoms with Crippen LogP contribution in [-0.4, -0.2) is 22.2 Å². The number of aromatic nitrogens is 2. The Hall–Kier alpha value is -1.36. The van der Waals surface area contributed by atoms with Crippen molar-refractivity contribution in [1.82, 2.24) is 9.78 Å². The lowest BCUT2D eigenvalue weighted by molar-refractivity contribution is -0.123. The lowest BCUT2D eigenvalue weighted by atomic mass is 9.93. The molecule has 1 aromatic rings. The van der Waals surface area contributed by atoms with Gasteiger partial charge in [-0.15, -0.1) is 0 Å². The van der Waals surface area contributed by atoms with Crippen LogP contribution in [0.25, 0.3) is 0 Å². The maximum Gasteiger partial charge on any atom is 0.231 e. The van der Waals surface area contributed by atoms with Gasteiger partial charge in [0.05, 0.1) is 17.3 Å². The highest BCUT2D eigenvalue weighted by Gasteiger charge is 2.25. The first-order chi connectivity index (χ1) is 6.99. The Labute approximate surface area is 89.6 Å². The van der Waals surface area contributed by atoms with Gasteiger partial charge in [0.2, 0.25) is 5.91 Å². The molecule has 3 N–H and O–H groups in total. The second-order valence-corrected chi connectivity index (χ2v) is 4.13. The number of hydrogen-bond acceptors (Lipinski definition) is 3. The summed E-state index contributed by atoms with van der Waals surface area (Å²) in [5, 5.41) is 6.85. The summed E-state index contributed by atoms with van der Waals surface area (Å²) < 4.78 is 1.76. The Morgan fingerprint density at radius 3 is 2.80 bits per heavy atom. The molecule has 84 valence electrons. The van der Waals surface area contributed by atoms with Gasteiger partial charge in [0.1, 0.15) is 0 Å². The Balaban J connectivity index is 2.66. The van der Waals surface area contributed by atoms with Gasteiger partial charge < -0.3 is 11.1 Å². The number of carbonyl (C=O) groups is 1. The Morgan fingerprint density at radius 1 is 1.67 bits per heavy atom. The van der Waals surface area contributed by atoms with Crippen LogP contribution in [0, 0.1) is 5.41 Å². The molecule has 5 heteroatoms. The third-order valence-electron chi connectivity index (χ3n) is 2.34. The molecule has 0 saturated heterocycles. The fraction of sp³-hybridized carbons (Fsp3) is 0.600. The minimum absolute atomic E-state index is 0.0827. The first kappa shape index (κ1) is 11.7. The highest BCUT2D eigenvalue weighted by Crippen LogP contribution is 2.16. The van der Waals surface area contributed by atoms with Gasteiger partial charge >= 0.3 is 0 Å². The Kier molecular flexibility index (Phi) is 3.47. The van der Waals surface area contributed by atoms with Gasteiger partial charge in [-0.1, -0.05) is 0 Å². The number of hydrogen-bond donors (Lipinski definition) is 2. The van der Waals surface area contributed by atoms with Crippen LogP contribution in [0.5, 0.6) is 0 Å². The third kappa shape index (κ3) is 2.79. The maximum absolute atomic E-state index is 11.7. The summed E-state index contributed by atoms with van der Waals surface area (Å²) in [6.07, 6.45) is 3.43. The molecular weight excluding hydrogens is 192 g/mol. The van der Waals surface area contributed by atoms with Crippen molar-refractivity contribution in [3.05, 3.63) is 12.4 Å². The van der Waals surface area contributed by atoms with Gasteiger partial charge in [0.15, 0.2) is 0 Å². The molecule has 1 aromatic heterocycles. The van der Waals surface area contributed by atoms with Crippen molar-refractivity contribution in [3.63, 3.8) is 0 Å². The van der Waals surface area contributed by atoms with E-state index in [2.05, 4.69) is 10.4 Å². The van der Waals surface area contributed by atoms with Crippen molar-refractivity contribution in [1.29, 1.82) is 0 Å². The third-order valence-corrected chi connectivity index (χ3v) is 2.34. The van der Waals surface area contributed by atoms with Crippen LogP contribution >= 0.6 is 0 Å². The van der Waals surface area contributed by atoms with Crippen molar-refractivity contribution in [2.75, 3.05) is 11.9 Å². The number of nitrogens with zero attached hydrogens (tertiary/aromatic N) is 2. The van der Waals surface area contributed by atoms with E-state index in [0.717, 1.165) is 6.54 Å².